The van der Waals surface area contributed by atoms with Crippen LogP contribution >= 0.6 is 27.3 Å². The van der Waals surface area contributed by atoms with Crippen LogP contribution in [0.5, 0.6) is 0 Å². The standard InChI is InChI=1S/C7H12BrN3S/c1-5(2)4-11(3)7-10-9-6(8)12-7/h5H,4H2,1-3H3. The van der Waals surface area contributed by atoms with Crippen molar-refractivity contribution in [1.82, 2.24) is 10.2 Å². The van der Waals surface area contributed by atoms with Crippen molar-refractivity contribution in [1.29, 1.82) is 0 Å². The molecule has 5 heteroatoms. The Bertz CT molecular complexity index is 249. The van der Waals surface area contributed by atoms with E-state index < -0.39 is 0 Å². The lowest BCUT2D eigenvalue weighted by atomic mass is 10.2. The molecule has 68 valence electrons. The second-order valence-corrected chi connectivity index (χ2v) is 5.34. The van der Waals surface area contributed by atoms with Crippen LogP contribution in [0.4, 0.5) is 5.13 Å². The van der Waals surface area contributed by atoms with Crippen LogP contribution in [0.3, 0.4) is 0 Å². The maximum atomic E-state index is 4.02. The summed E-state index contributed by atoms with van der Waals surface area (Å²) in [6.45, 7) is 5.39. The van der Waals surface area contributed by atoms with Crippen molar-refractivity contribution >= 4 is 32.4 Å². The van der Waals surface area contributed by atoms with Gasteiger partial charge in [-0.2, -0.15) is 0 Å². The van der Waals surface area contributed by atoms with E-state index >= 15 is 0 Å². The Morgan fingerprint density at radius 2 is 2.17 bits per heavy atom. The van der Waals surface area contributed by atoms with Crippen LogP contribution in [-0.4, -0.2) is 23.8 Å². The first-order valence-corrected chi connectivity index (χ1v) is 5.40. The fourth-order valence-electron chi connectivity index (χ4n) is 0.978. The molecule has 0 unspecified atom stereocenters. The van der Waals surface area contributed by atoms with Gasteiger partial charge in [-0.05, 0) is 21.8 Å². The minimum Gasteiger partial charge on any atom is -0.349 e. The highest BCUT2D eigenvalue weighted by molar-refractivity contribution is 9.11. The molecule has 0 saturated carbocycles. The van der Waals surface area contributed by atoms with Gasteiger partial charge in [0.2, 0.25) is 5.13 Å². The molecule has 1 heterocycles. The Balaban J connectivity index is 2.58. The summed E-state index contributed by atoms with van der Waals surface area (Å²) < 4.78 is 0.841. The van der Waals surface area contributed by atoms with Gasteiger partial charge >= 0.3 is 0 Å². The fraction of sp³-hybridized carbons (Fsp3) is 0.714. The third-order valence-corrected chi connectivity index (χ3v) is 2.83. The molecule has 0 aromatic carbocycles. The molecule has 1 aromatic rings. The Hall–Kier alpha value is -0.160. The number of rotatable bonds is 3. The van der Waals surface area contributed by atoms with Gasteiger partial charge in [0, 0.05) is 13.6 Å². The number of hydrogen-bond acceptors (Lipinski definition) is 4. The van der Waals surface area contributed by atoms with E-state index in [2.05, 4.69) is 44.9 Å². The van der Waals surface area contributed by atoms with Gasteiger partial charge in [-0.3, -0.25) is 0 Å². The van der Waals surface area contributed by atoms with Crippen LogP contribution in [0.15, 0.2) is 3.92 Å². The first-order chi connectivity index (χ1) is 5.59. The monoisotopic (exact) mass is 249 g/mol. The molecular weight excluding hydrogens is 238 g/mol. The summed E-state index contributed by atoms with van der Waals surface area (Å²) in [5.41, 5.74) is 0. The summed E-state index contributed by atoms with van der Waals surface area (Å²) in [5.74, 6) is 0.651. The highest BCUT2D eigenvalue weighted by atomic mass is 79.9. The van der Waals surface area contributed by atoms with Crippen molar-refractivity contribution in [2.24, 2.45) is 5.92 Å². The van der Waals surface area contributed by atoms with Crippen molar-refractivity contribution < 1.29 is 0 Å². The SMILES string of the molecule is CC(C)CN(C)c1nnc(Br)s1. The topological polar surface area (TPSA) is 29.0 Å². The molecule has 0 bridgehead atoms. The van der Waals surface area contributed by atoms with E-state index in [4.69, 9.17) is 0 Å². The van der Waals surface area contributed by atoms with Crippen LogP contribution in [0, 0.1) is 5.92 Å². The number of halogens is 1. The van der Waals surface area contributed by atoms with Gasteiger partial charge in [-0.15, -0.1) is 10.2 Å². The maximum Gasteiger partial charge on any atom is 0.208 e. The molecule has 0 atom stereocenters. The number of nitrogens with zero attached hydrogens (tertiary/aromatic N) is 3. The highest BCUT2D eigenvalue weighted by Gasteiger charge is 2.07. The number of anilines is 1. The van der Waals surface area contributed by atoms with Gasteiger partial charge in [0.1, 0.15) is 0 Å². The van der Waals surface area contributed by atoms with E-state index in [0.29, 0.717) is 5.92 Å². The normalized spacial score (nSPS) is 10.8. The predicted octanol–water partition coefficient (Wildman–Crippen LogP) is 2.39. The van der Waals surface area contributed by atoms with Crippen LogP contribution in [0.25, 0.3) is 0 Å². The van der Waals surface area contributed by atoms with E-state index in [9.17, 15) is 0 Å². The lowest BCUT2D eigenvalue weighted by Crippen LogP contribution is -2.22. The molecule has 0 spiro atoms. The average Bonchev–Trinajstić information content (AvgIpc) is 2.34. The van der Waals surface area contributed by atoms with Crippen molar-refractivity contribution in [2.45, 2.75) is 13.8 Å². The largest absolute Gasteiger partial charge is 0.349 e. The zero-order valence-corrected chi connectivity index (χ0v) is 9.81. The molecule has 0 aliphatic carbocycles. The molecule has 0 fully saturated rings. The summed E-state index contributed by atoms with van der Waals surface area (Å²) in [5, 5.41) is 8.87. The second kappa shape index (κ2) is 4.18. The summed E-state index contributed by atoms with van der Waals surface area (Å²) >= 11 is 4.84. The molecule has 0 aliphatic heterocycles. The van der Waals surface area contributed by atoms with Gasteiger partial charge in [0.25, 0.3) is 0 Å². The number of aromatic nitrogens is 2. The van der Waals surface area contributed by atoms with E-state index in [1.54, 1.807) is 11.3 Å². The molecule has 0 aliphatic rings. The van der Waals surface area contributed by atoms with Crippen LogP contribution in [0.1, 0.15) is 13.8 Å². The third-order valence-electron chi connectivity index (χ3n) is 1.36. The summed E-state index contributed by atoms with van der Waals surface area (Å²) in [7, 11) is 2.03. The fourth-order valence-corrected chi connectivity index (χ4v) is 2.04. The van der Waals surface area contributed by atoms with Crippen molar-refractivity contribution in [3.8, 4) is 0 Å². The molecule has 0 amide bonds. The van der Waals surface area contributed by atoms with Gasteiger partial charge in [-0.25, -0.2) is 0 Å². The van der Waals surface area contributed by atoms with E-state index in [0.717, 1.165) is 15.6 Å². The Morgan fingerprint density at radius 1 is 1.50 bits per heavy atom. The van der Waals surface area contributed by atoms with Crippen LogP contribution in [-0.2, 0) is 0 Å². The molecule has 0 radical (unpaired) electrons. The maximum absolute atomic E-state index is 4.02. The molecule has 0 saturated heterocycles. The first-order valence-electron chi connectivity index (χ1n) is 3.79. The average molecular weight is 250 g/mol. The van der Waals surface area contributed by atoms with E-state index in [-0.39, 0.29) is 0 Å². The molecule has 0 N–H and O–H groups in total. The molecular formula is C7H12BrN3S. The minimum absolute atomic E-state index is 0.651. The zero-order chi connectivity index (χ0) is 9.14. The van der Waals surface area contributed by atoms with Crippen molar-refractivity contribution in [3.63, 3.8) is 0 Å². The highest BCUT2D eigenvalue weighted by Crippen LogP contribution is 2.23. The second-order valence-electron chi connectivity index (χ2n) is 3.11. The van der Waals surface area contributed by atoms with E-state index in [1.807, 2.05) is 7.05 Å². The Morgan fingerprint density at radius 3 is 2.58 bits per heavy atom. The Kier molecular flexibility index (Phi) is 3.46. The van der Waals surface area contributed by atoms with Gasteiger partial charge in [0.05, 0.1) is 0 Å². The quantitative estimate of drug-likeness (QED) is 0.824. The van der Waals surface area contributed by atoms with Crippen LogP contribution in [0.2, 0.25) is 0 Å². The molecule has 1 rings (SSSR count). The molecule has 12 heavy (non-hydrogen) atoms. The van der Waals surface area contributed by atoms with Crippen LogP contribution < -0.4 is 4.90 Å². The summed E-state index contributed by atoms with van der Waals surface area (Å²) in [6, 6.07) is 0. The number of hydrogen-bond donors (Lipinski definition) is 0. The summed E-state index contributed by atoms with van der Waals surface area (Å²) in [6.07, 6.45) is 0. The zero-order valence-electron chi connectivity index (χ0n) is 7.41. The molecule has 1 aromatic heterocycles. The predicted molar refractivity (Wildman–Crippen MR) is 55.7 cm³/mol. The van der Waals surface area contributed by atoms with Gasteiger partial charge < -0.3 is 4.90 Å². The van der Waals surface area contributed by atoms with E-state index in [1.165, 1.54) is 0 Å². The first kappa shape index (κ1) is 9.92. The molecule has 3 nitrogen and oxygen atoms in total. The van der Waals surface area contributed by atoms with Crippen molar-refractivity contribution in [2.75, 3.05) is 18.5 Å². The lowest BCUT2D eigenvalue weighted by Gasteiger charge is -2.16. The smallest absolute Gasteiger partial charge is 0.208 e. The van der Waals surface area contributed by atoms with Gasteiger partial charge in [0.15, 0.2) is 3.92 Å². The lowest BCUT2D eigenvalue weighted by molar-refractivity contribution is 0.636. The Labute approximate surface area is 84.9 Å². The van der Waals surface area contributed by atoms with Gasteiger partial charge in [-0.1, -0.05) is 25.2 Å². The minimum atomic E-state index is 0.651. The van der Waals surface area contributed by atoms with Crippen molar-refractivity contribution in [3.05, 3.63) is 3.92 Å². The summed E-state index contributed by atoms with van der Waals surface area (Å²) in [4.78, 5) is 2.12. The third kappa shape index (κ3) is 2.71.